The highest BCUT2D eigenvalue weighted by Crippen LogP contribution is 2.37. The van der Waals surface area contributed by atoms with Crippen molar-refractivity contribution in [3.05, 3.63) is 62.5 Å². The van der Waals surface area contributed by atoms with Gasteiger partial charge in [-0.2, -0.15) is 0 Å². The van der Waals surface area contributed by atoms with E-state index in [0.29, 0.717) is 21.2 Å². The summed E-state index contributed by atoms with van der Waals surface area (Å²) >= 11 is 13.2. The van der Waals surface area contributed by atoms with Crippen LogP contribution in [0.4, 0.5) is 10.5 Å². The molecular formula is C21H20Cl2N2O3S. The van der Waals surface area contributed by atoms with Crippen LogP contribution < -0.4 is 4.90 Å². The number of hydrogen-bond acceptors (Lipinski definition) is 5. The Kier molecular flexibility index (Phi) is 6.77. The first kappa shape index (κ1) is 21.6. The third-order valence-corrected chi connectivity index (χ3v) is 6.30. The van der Waals surface area contributed by atoms with Crippen LogP contribution in [0.3, 0.4) is 0 Å². The second-order valence-electron chi connectivity index (χ2n) is 6.38. The highest BCUT2D eigenvalue weighted by atomic mass is 35.5. The van der Waals surface area contributed by atoms with Gasteiger partial charge in [0.2, 0.25) is 0 Å². The lowest BCUT2D eigenvalue weighted by atomic mass is 10.1. The van der Waals surface area contributed by atoms with Crippen molar-refractivity contribution in [3.63, 3.8) is 0 Å². The zero-order valence-electron chi connectivity index (χ0n) is 16.0. The van der Waals surface area contributed by atoms with Crippen LogP contribution in [0.2, 0.25) is 10.0 Å². The van der Waals surface area contributed by atoms with Crippen molar-refractivity contribution in [1.29, 1.82) is 0 Å². The maximum Gasteiger partial charge on any atom is 0.293 e. The van der Waals surface area contributed by atoms with Crippen LogP contribution in [0.15, 0.2) is 41.3 Å². The molecule has 1 N–H and O–H groups in total. The summed E-state index contributed by atoms with van der Waals surface area (Å²) in [6.07, 6.45) is 1.53. The van der Waals surface area contributed by atoms with Gasteiger partial charge in [0.15, 0.2) is 0 Å². The average molecular weight is 451 g/mol. The molecule has 1 heterocycles. The predicted molar refractivity (Wildman–Crippen MR) is 120 cm³/mol. The number of imide groups is 1. The molecule has 0 saturated carbocycles. The van der Waals surface area contributed by atoms with Gasteiger partial charge in [-0.3, -0.25) is 14.5 Å². The minimum atomic E-state index is -0.441. The van der Waals surface area contributed by atoms with E-state index >= 15 is 0 Å². The Labute approximate surface area is 183 Å². The Morgan fingerprint density at radius 2 is 1.76 bits per heavy atom. The number of benzene rings is 2. The van der Waals surface area contributed by atoms with Gasteiger partial charge in [0.05, 0.1) is 11.4 Å². The number of phenolic OH excluding ortho intramolecular Hbond substituents is 1. The fourth-order valence-corrected chi connectivity index (χ4v) is 4.40. The van der Waals surface area contributed by atoms with Crippen LogP contribution >= 0.6 is 35.0 Å². The Morgan fingerprint density at radius 1 is 1.10 bits per heavy atom. The van der Waals surface area contributed by atoms with Gasteiger partial charge < -0.3 is 10.0 Å². The van der Waals surface area contributed by atoms with E-state index < -0.39 is 11.1 Å². The van der Waals surface area contributed by atoms with Crippen molar-refractivity contribution in [2.24, 2.45) is 0 Å². The van der Waals surface area contributed by atoms with E-state index in [1.807, 2.05) is 19.9 Å². The molecule has 0 spiro atoms. The fourth-order valence-electron chi connectivity index (χ4n) is 3.06. The highest BCUT2D eigenvalue weighted by molar-refractivity contribution is 8.18. The third-order valence-electron chi connectivity index (χ3n) is 4.68. The first-order valence-electron chi connectivity index (χ1n) is 9.11. The van der Waals surface area contributed by atoms with Crippen LogP contribution in [-0.2, 0) is 11.3 Å². The lowest BCUT2D eigenvalue weighted by molar-refractivity contribution is -0.123. The van der Waals surface area contributed by atoms with Crippen molar-refractivity contribution in [2.75, 3.05) is 18.0 Å². The maximum absolute atomic E-state index is 12.8. The zero-order chi connectivity index (χ0) is 21.1. The molecule has 2 aromatic rings. The number of hydrogen-bond donors (Lipinski definition) is 1. The Bertz CT molecular complexity index is 970. The smallest absolute Gasteiger partial charge is 0.293 e. The molecular weight excluding hydrogens is 431 g/mol. The zero-order valence-corrected chi connectivity index (χ0v) is 18.3. The van der Waals surface area contributed by atoms with Gasteiger partial charge in [0.1, 0.15) is 5.75 Å². The molecule has 152 valence electrons. The number of carbonyl (C=O) groups excluding carboxylic acids is 2. The Morgan fingerprint density at radius 3 is 2.34 bits per heavy atom. The van der Waals surface area contributed by atoms with E-state index in [-0.39, 0.29) is 17.2 Å². The van der Waals surface area contributed by atoms with Crippen LogP contribution in [0, 0.1) is 0 Å². The van der Waals surface area contributed by atoms with E-state index in [0.717, 1.165) is 35.4 Å². The normalized spacial score (nSPS) is 15.4. The molecule has 1 aliphatic rings. The number of thioether (sulfide) groups is 1. The minimum absolute atomic E-state index is 0.00655. The molecule has 1 saturated heterocycles. The average Bonchev–Trinajstić information content (AvgIpc) is 2.95. The third kappa shape index (κ3) is 4.55. The quantitative estimate of drug-likeness (QED) is 0.564. The molecule has 0 atom stereocenters. The first-order valence-corrected chi connectivity index (χ1v) is 10.7. The molecule has 1 aliphatic heterocycles. The monoisotopic (exact) mass is 450 g/mol. The molecule has 29 heavy (non-hydrogen) atoms. The van der Waals surface area contributed by atoms with Gasteiger partial charge in [0.25, 0.3) is 11.1 Å². The number of nitrogens with zero attached hydrogens (tertiary/aromatic N) is 2. The molecule has 0 unspecified atom stereocenters. The van der Waals surface area contributed by atoms with Crippen molar-refractivity contribution in [3.8, 4) is 5.75 Å². The molecule has 0 bridgehead atoms. The summed E-state index contributed by atoms with van der Waals surface area (Å²) in [4.78, 5) is 28.6. The van der Waals surface area contributed by atoms with E-state index in [2.05, 4.69) is 4.90 Å². The SMILES string of the molecule is CCN(CC)c1ccc(/C=C2\SC(=O)N(Cc3c(Cl)cccc3Cl)C2=O)c(O)c1. The summed E-state index contributed by atoms with van der Waals surface area (Å²) in [5, 5.41) is 10.8. The fraction of sp³-hybridized carbons (Fsp3) is 0.238. The number of halogens is 2. The lowest BCUT2D eigenvalue weighted by Gasteiger charge is -2.21. The molecule has 2 amide bonds. The van der Waals surface area contributed by atoms with Crippen LogP contribution in [-0.4, -0.2) is 34.2 Å². The second kappa shape index (κ2) is 9.11. The summed E-state index contributed by atoms with van der Waals surface area (Å²) < 4.78 is 0. The summed E-state index contributed by atoms with van der Waals surface area (Å²) in [5.74, 6) is -0.390. The highest BCUT2D eigenvalue weighted by Gasteiger charge is 2.35. The summed E-state index contributed by atoms with van der Waals surface area (Å²) in [7, 11) is 0. The summed E-state index contributed by atoms with van der Waals surface area (Å²) in [5.41, 5.74) is 1.89. The van der Waals surface area contributed by atoms with E-state index in [1.165, 1.54) is 6.08 Å². The molecule has 0 aliphatic carbocycles. The molecule has 2 aromatic carbocycles. The maximum atomic E-state index is 12.8. The van der Waals surface area contributed by atoms with Gasteiger partial charge in [0, 0.05) is 46.0 Å². The van der Waals surface area contributed by atoms with Crippen molar-refractivity contribution >= 4 is 57.9 Å². The lowest BCUT2D eigenvalue weighted by Crippen LogP contribution is -2.27. The predicted octanol–water partition coefficient (Wildman–Crippen LogP) is 5.78. The van der Waals surface area contributed by atoms with Gasteiger partial charge >= 0.3 is 0 Å². The second-order valence-corrected chi connectivity index (χ2v) is 8.19. The van der Waals surface area contributed by atoms with Gasteiger partial charge in [-0.05, 0) is 56.0 Å². The molecule has 3 rings (SSSR count). The number of aromatic hydroxyl groups is 1. The molecule has 1 fully saturated rings. The van der Waals surface area contributed by atoms with Crippen molar-refractivity contribution in [2.45, 2.75) is 20.4 Å². The number of amides is 2. The molecule has 0 radical (unpaired) electrons. The summed E-state index contributed by atoms with van der Waals surface area (Å²) in [6.45, 7) is 5.70. The number of phenols is 1. The van der Waals surface area contributed by atoms with E-state index in [4.69, 9.17) is 23.2 Å². The summed E-state index contributed by atoms with van der Waals surface area (Å²) in [6, 6.07) is 10.3. The van der Waals surface area contributed by atoms with Crippen LogP contribution in [0.1, 0.15) is 25.0 Å². The van der Waals surface area contributed by atoms with Gasteiger partial charge in [-0.15, -0.1) is 0 Å². The topological polar surface area (TPSA) is 60.9 Å². The van der Waals surface area contributed by atoms with Gasteiger partial charge in [-0.1, -0.05) is 29.3 Å². The standard InChI is InChI=1S/C21H20Cl2N2O3S/c1-3-24(4-2)14-9-8-13(18(26)11-14)10-19-20(27)25(21(28)29-19)12-15-16(22)6-5-7-17(15)23/h5-11,26H,3-4,12H2,1-2H3/b19-10-. The molecule has 8 heteroatoms. The number of carbonyl (C=O) groups is 2. The van der Waals surface area contributed by atoms with E-state index in [1.54, 1.807) is 30.3 Å². The van der Waals surface area contributed by atoms with Gasteiger partial charge in [-0.25, -0.2) is 0 Å². The minimum Gasteiger partial charge on any atom is -0.507 e. The Hall–Kier alpha value is -2.15. The Balaban J connectivity index is 1.85. The van der Waals surface area contributed by atoms with Crippen LogP contribution in [0.25, 0.3) is 6.08 Å². The first-order chi connectivity index (χ1) is 13.8. The largest absolute Gasteiger partial charge is 0.507 e. The van der Waals surface area contributed by atoms with Crippen molar-refractivity contribution < 1.29 is 14.7 Å². The molecule has 0 aromatic heterocycles. The van der Waals surface area contributed by atoms with E-state index in [9.17, 15) is 14.7 Å². The molecule has 5 nitrogen and oxygen atoms in total. The number of anilines is 1. The van der Waals surface area contributed by atoms with Crippen LogP contribution in [0.5, 0.6) is 5.75 Å². The number of rotatable bonds is 6. The van der Waals surface area contributed by atoms with Crippen molar-refractivity contribution in [1.82, 2.24) is 4.90 Å².